The molecule has 0 aliphatic heterocycles. The molecule has 3 nitrogen and oxygen atoms in total. The molecule has 0 spiro atoms. The van der Waals surface area contributed by atoms with Gasteiger partial charge in [0.15, 0.2) is 0 Å². The number of hydrogen-bond donors (Lipinski definition) is 1. The van der Waals surface area contributed by atoms with Gasteiger partial charge in [-0.25, -0.2) is 4.98 Å². The Morgan fingerprint density at radius 1 is 1.73 bits per heavy atom. The average molecular weight is 171 g/mol. The number of thiazole rings is 1. The highest BCUT2D eigenvalue weighted by Gasteiger charge is 2.25. The van der Waals surface area contributed by atoms with Crippen LogP contribution < -0.4 is 0 Å². The minimum Gasteiger partial charge on any atom is -0.483 e. The maximum absolute atomic E-state index is 8.36. The lowest BCUT2D eigenvalue weighted by Crippen LogP contribution is -1.70. The molecule has 1 aliphatic rings. The van der Waals surface area contributed by atoms with Crippen LogP contribution in [0.4, 0.5) is 0 Å². The van der Waals surface area contributed by atoms with Gasteiger partial charge >= 0.3 is 0 Å². The summed E-state index contributed by atoms with van der Waals surface area (Å²) in [7, 11) is 0. The van der Waals surface area contributed by atoms with E-state index in [9.17, 15) is 0 Å². The zero-order valence-electron chi connectivity index (χ0n) is 5.93. The van der Waals surface area contributed by atoms with E-state index in [-0.39, 0.29) is 6.47 Å². The summed E-state index contributed by atoms with van der Waals surface area (Å²) in [6.07, 6.45) is 4.62. The summed E-state index contributed by atoms with van der Waals surface area (Å²) in [5, 5.41) is 10.3. The number of rotatable bonds is 1. The van der Waals surface area contributed by atoms with Gasteiger partial charge in [-0.3, -0.25) is 4.79 Å². The van der Waals surface area contributed by atoms with Gasteiger partial charge in [0, 0.05) is 17.5 Å². The monoisotopic (exact) mass is 171 g/mol. The minimum absolute atomic E-state index is 0.250. The van der Waals surface area contributed by atoms with Gasteiger partial charge in [0.2, 0.25) is 0 Å². The lowest BCUT2D eigenvalue weighted by atomic mass is 10.5. The van der Waals surface area contributed by atoms with E-state index < -0.39 is 0 Å². The molecule has 0 saturated heterocycles. The van der Waals surface area contributed by atoms with Crippen LogP contribution in [0, 0.1) is 0 Å². The lowest BCUT2D eigenvalue weighted by molar-refractivity contribution is -0.122. The highest BCUT2D eigenvalue weighted by atomic mass is 32.1. The highest BCUT2D eigenvalue weighted by Crippen LogP contribution is 2.40. The number of carboxylic acid groups (broad SMARTS) is 1. The molecule has 0 aromatic carbocycles. The van der Waals surface area contributed by atoms with Gasteiger partial charge in [0.05, 0.1) is 5.01 Å². The van der Waals surface area contributed by atoms with E-state index in [2.05, 4.69) is 4.98 Å². The smallest absolute Gasteiger partial charge is 0.290 e. The number of hydrogen-bond acceptors (Lipinski definition) is 3. The lowest BCUT2D eigenvalue weighted by Gasteiger charge is -1.80. The Labute approximate surface area is 68.7 Å². The summed E-state index contributed by atoms with van der Waals surface area (Å²) in [4.78, 5) is 12.6. The molecule has 0 radical (unpaired) electrons. The van der Waals surface area contributed by atoms with Gasteiger partial charge in [0.1, 0.15) is 0 Å². The second-order valence-corrected chi connectivity index (χ2v) is 3.18. The molecular weight excluding hydrogens is 162 g/mol. The Balaban J connectivity index is 0.000000179. The van der Waals surface area contributed by atoms with Crippen molar-refractivity contribution in [2.75, 3.05) is 0 Å². The summed E-state index contributed by atoms with van der Waals surface area (Å²) >= 11 is 1.78. The van der Waals surface area contributed by atoms with Crippen LogP contribution in [0.3, 0.4) is 0 Å². The molecule has 1 saturated carbocycles. The van der Waals surface area contributed by atoms with Crippen LogP contribution >= 0.6 is 11.3 Å². The summed E-state index contributed by atoms with van der Waals surface area (Å²) in [6, 6.07) is 0. The van der Waals surface area contributed by atoms with Crippen molar-refractivity contribution in [1.82, 2.24) is 4.98 Å². The maximum atomic E-state index is 8.36. The molecule has 1 aromatic heterocycles. The van der Waals surface area contributed by atoms with E-state index in [1.165, 1.54) is 17.8 Å². The fourth-order valence-electron chi connectivity index (χ4n) is 0.766. The molecule has 1 aromatic rings. The van der Waals surface area contributed by atoms with Gasteiger partial charge in [0.25, 0.3) is 6.47 Å². The molecule has 60 valence electrons. The first-order chi connectivity index (χ1) is 5.38. The Bertz CT molecular complexity index is 206. The van der Waals surface area contributed by atoms with Crippen LogP contribution in [0.1, 0.15) is 23.8 Å². The van der Waals surface area contributed by atoms with Crippen LogP contribution in [0.25, 0.3) is 0 Å². The SMILES string of the molecule is O=CO.c1csc(C2CC2)n1. The highest BCUT2D eigenvalue weighted by molar-refractivity contribution is 7.09. The van der Waals surface area contributed by atoms with E-state index in [0.29, 0.717) is 0 Å². The predicted octanol–water partition coefficient (Wildman–Crippen LogP) is 1.72. The zero-order valence-corrected chi connectivity index (χ0v) is 6.75. The molecular formula is C7H9NO2S. The van der Waals surface area contributed by atoms with Crippen LogP contribution in [-0.2, 0) is 4.79 Å². The fraction of sp³-hybridized carbons (Fsp3) is 0.429. The van der Waals surface area contributed by atoms with Crippen molar-refractivity contribution in [1.29, 1.82) is 0 Å². The first kappa shape index (κ1) is 8.20. The second kappa shape index (κ2) is 4.08. The van der Waals surface area contributed by atoms with E-state index in [1.807, 2.05) is 11.6 Å². The second-order valence-electron chi connectivity index (χ2n) is 2.25. The van der Waals surface area contributed by atoms with E-state index in [0.717, 1.165) is 5.92 Å². The number of nitrogens with zero attached hydrogens (tertiary/aromatic N) is 1. The van der Waals surface area contributed by atoms with Crippen molar-refractivity contribution in [3.05, 3.63) is 16.6 Å². The van der Waals surface area contributed by atoms with Crippen molar-refractivity contribution in [2.24, 2.45) is 0 Å². The quantitative estimate of drug-likeness (QED) is 0.654. The van der Waals surface area contributed by atoms with E-state index in [1.54, 1.807) is 11.3 Å². The Hall–Kier alpha value is -0.900. The zero-order chi connectivity index (χ0) is 8.10. The van der Waals surface area contributed by atoms with Crippen molar-refractivity contribution in [3.8, 4) is 0 Å². The van der Waals surface area contributed by atoms with Crippen LogP contribution in [0.2, 0.25) is 0 Å². The molecule has 1 heterocycles. The van der Waals surface area contributed by atoms with Crippen LogP contribution in [0.15, 0.2) is 11.6 Å². The van der Waals surface area contributed by atoms with Gasteiger partial charge in [-0.1, -0.05) is 0 Å². The molecule has 0 atom stereocenters. The fourth-order valence-corrected chi connectivity index (χ4v) is 1.58. The molecule has 1 N–H and O–H groups in total. The Kier molecular flexibility index (Phi) is 3.04. The van der Waals surface area contributed by atoms with Crippen molar-refractivity contribution in [2.45, 2.75) is 18.8 Å². The number of aromatic nitrogens is 1. The van der Waals surface area contributed by atoms with Gasteiger partial charge in [-0.15, -0.1) is 11.3 Å². The molecule has 1 fully saturated rings. The van der Waals surface area contributed by atoms with Gasteiger partial charge < -0.3 is 5.11 Å². The summed E-state index contributed by atoms with van der Waals surface area (Å²) < 4.78 is 0. The molecule has 2 rings (SSSR count). The van der Waals surface area contributed by atoms with Crippen molar-refractivity contribution >= 4 is 17.8 Å². The molecule has 0 amide bonds. The van der Waals surface area contributed by atoms with Crippen LogP contribution in [0.5, 0.6) is 0 Å². The Morgan fingerprint density at radius 2 is 2.36 bits per heavy atom. The largest absolute Gasteiger partial charge is 0.483 e. The standard InChI is InChI=1S/C6H7NS.CH2O2/c1-2-5(1)6-7-3-4-8-6;2-1-3/h3-5H,1-2H2;1H,(H,2,3). The van der Waals surface area contributed by atoms with Crippen molar-refractivity contribution in [3.63, 3.8) is 0 Å². The number of carbonyl (C=O) groups is 1. The summed E-state index contributed by atoms with van der Waals surface area (Å²) in [5.41, 5.74) is 0. The van der Waals surface area contributed by atoms with Gasteiger partial charge in [-0.05, 0) is 12.8 Å². The first-order valence-electron chi connectivity index (χ1n) is 3.35. The summed E-state index contributed by atoms with van der Waals surface area (Å²) in [6.45, 7) is -0.250. The topological polar surface area (TPSA) is 50.2 Å². The third-order valence-corrected chi connectivity index (χ3v) is 2.32. The third-order valence-electron chi connectivity index (χ3n) is 1.38. The van der Waals surface area contributed by atoms with Crippen molar-refractivity contribution < 1.29 is 9.90 Å². The van der Waals surface area contributed by atoms with Gasteiger partial charge in [-0.2, -0.15) is 0 Å². The first-order valence-corrected chi connectivity index (χ1v) is 4.23. The molecule has 1 aliphatic carbocycles. The predicted molar refractivity (Wildman–Crippen MR) is 42.8 cm³/mol. The summed E-state index contributed by atoms with van der Waals surface area (Å²) in [5.74, 6) is 0.843. The molecule has 0 bridgehead atoms. The third kappa shape index (κ3) is 2.67. The molecule has 11 heavy (non-hydrogen) atoms. The normalized spacial score (nSPS) is 14.9. The Morgan fingerprint density at radius 3 is 2.73 bits per heavy atom. The maximum Gasteiger partial charge on any atom is 0.290 e. The molecule has 4 heteroatoms. The van der Waals surface area contributed by atoms with Crippen LogP contribution in [-0.4, -0.2) is 16.6 Å². The molecule has 0 unspecified atom stereocenters. The van der Waals surface area contributed by atoms with E-state index in [4.69, 9.17) is 9.90 Å². The van der Waals surface area contributed by atoms with E-state index >= 15 is 0 Å². The average Bonchev–Trinajstić information content (AvgIpc) is 2.69. The minimum atomic E-state index is -0.250.